The number of hydrogen-bond donors (Lipinski definition) is 2. The number of carbonyl (C=O) groups is 2. The van der Waals surface area contributed by atoms with Crippen molar-refractivity contribution in [2.45, 2.75) is 51.4 Å². The molecule has 1 aliphatic rings. The second kappa shape index (κ2) is 6.43. The van der Waals surface area contributed by atoms with Gasteiger partial charge in [0.2, 0.25) is 6.41 Å². The van der Waals surface area contributed by atoms with Crippen molar-refractivity contribution in [2.75, 3.05) is 11.6 Å². The molecule has 0 aliphatic carbocycles. The largest absolute Gasteiger partial charge is 0.487 e. The molecule has 1 aromatic rings. The van der Waals surface area contributed by atoms with Crippen LogP contribution >= 0.6 is 11.8 Å². The molecule has 0 saturated heterocycles. The number of carbonyl (C=O) groups excluding carboxylic acids is 1. The molecule has 0 radical (unpaired) electrons. The highest BCUT2D eigenvalue weighted by molar-refractivity contribution is 7.99. The number of thioether (sulfide) groups is 1. The molecule has 6 heteroatoms. The summed E-state index contributed by atoms with van der Waals surface area (Å²) in [4.78, 5) is 22.2. The Hall–Kier alpha value is -1.69. The van der Waals surface area contributed by atoms with E-state index in [9.17, 15) is 14.7 Å². The van der Waals surface area contributed by atoms with Crippen LogP contribution < -0.4 is 10.1 Å². The van der Waals surface area contributed by atoms with Gasteiger partial charge in [0, 0.05) is 24.1 Å². The number of amides is 1. The van der Waals surface area contributed by atoms with E-state index in [1.807, 2.05) is 27.7 Å². The smallest absolute Gasteiger partial charge is 0.316 e. The number of rotatable bonds is 6. The highest BCUT2D eigenvalue weighted by Gasteiger charge is 2.41. The quantitative estimate of drug-likeness (QED) is 0.780. The van der Waals surface area contributed by atoms with Crippen molar-refractivity contribution in [2.24, 2.45) is 0 Å². The molecule has 2 unspecified atom stereocenters. The van der Waals surface area contributed by atoms with Crippen LogP contribution in [0.3, 0.4) is 0 Å². The summed E-state index contributed by atoms with van der Waals surface area (Å²) in [6, 6.07) is 0. The van der Waals surface area contributed by atoms with Crippen molar-refractivity contribution >= 4 is 29.8 Å². The van der Waals surface area contributed by atoms with Gasteiger partial charge in [-0.05, 0) is 50.6 Å². The number of carboxylic acid groups (broad SMARTS) is 1. The molecule has 126 valence electrons. The zero-order valence-corrected chi connectivity index (χ0v) is 15.0. The van der Waals surface area contributed by atoms with E-state index in [1.165, 1.54) is 11.8 Å². The summed E-state index contributed by atoms with van der Waals surface area (Å²) >= 11 is 1.33. The van der Waals surface area contributed by atoms with Gasteiger partial charge in [-0.15, -0.1) is 0 Å². The normalized spacial score (nSPS) is 20.6. The van der Waals surface area contributed by atoms with Crippen LogP contribution in [0.4, 0.5) is 5.69 Å². The standard InChI is InChI=1S/C17H23NO4S/c1-9-10(2)15-12(11(3)14(9)18-8-19)6-17(4,22-15)7-13(23-5)16(20)21/h8,13H,6-7H2,1-5H3,(H,18,19)(H,20,21). The first-order chi connectivity index (χ1) is 10.7. The van der Waals surface area contributed by atoms with Crippen LogP contribution in [0.1, 0.15) is 35.6 Å². The molecule has 2 N–H and O–H groups in total. The average molecular weight is 337 g/mol. The highest BCUT2D eigenvalue weighted by Crippen LogP contribution is 2.46. The van der Waals surface area contributed by atoms with Crippen molar-refractivity contribution in [1.82, 2.24) is 0 Å². The number of ether oxygens (including phenoxy) is 1. The summed E-state index contributed by atoms with van der Waals surface area (Å²) in [7, 11) is 0. The van der Waals surface area contributed by atoms with E-state index < -0.39 is 16.8 Å². The summed E-state index contributed by atoms with van der Waals surface area (Å²) in [5.74, 6) is 0.0235. The van der Waals surface area contributed by atoms with Crippen molar-refractivity contribution in [3.63, 3.8) is 0 Å². The SMILES string of the molecule is CSC(CC1(C)Cc2c(C)c(NC=O)c(C)c(C)c2O1)C(=O)O. The van der Waals surface area contributed by atoms with Gasteiger partial charge >= 0.3 is 5.97 Å². The van der Waals surface area contributed by atoms with Crippen molar-refractivity contribution < 1.29 is 19.4 Å². The van der Waals surface area contributed by atoms with Crippen LogP contribution in [-0.4, -0.2) is 34.6 Å². The molecule has 23 heavy (non-hydrogen) atoms. The molecule has 2 atom stereocenters. The van der Waals surface area contributed by atoms with Gasteiger partial charge in [0.05, 0.1) is 0 Å². The fourth-order valence-corrected chi connectivity index (χ4v) is 3.97. The first kappa shape index (κ1) is 17.7. The zero-order chi connectivity index (χ0) is 17.4. The lowest BCUT2D eigenvalue weighted by atomic mass is 9.89. The Bertz CT molecular complexity index is 659. The van der Waals surface area contributed by atoms with Crippen molar-refractivity contribution in [1.29, 1.82) is 0 Å². The summed E-state index contributed by atoms with van der Waals surface area (Å²) in [5.41, 5.74) is 4.31. The maximum absolute atomic E-state index is 11.3. The van der Waals surface area contributed by atoms with Gasteiger partial charge in [-0.1, -0.05) is 0 Å². The molecule has 0 spiro atoms. The number of hydrogen-bond acceptors (Lipinski definition) is 4. The summed E-state index contributed by atoms with van der Waals surface area (Å²) in [6.07, 6.45) is 3.57. The van der Waals surface area contributed by atoms with E-state index in [1.54, 1.807) is 6.26 Å². The van der Waals surface area contributed by atoms with Gasteiger partial charge < -0.3 is 15.2 Å². The minimum Gasteiger partial charge on any atom is -0.487 e. The van der Waals surface area contributed by atoms with Crippen LogP contribution in [0.2, 0.25) is 0 Å². The number of fused-ring (bicyclic) bond motifs is 1. The molecule has 1 aromatic carbocycles. The predicted molar refractivity (Wildman–Crippen MR) is 92.6 cm³/mol. The van der Waals surface area contributed by atoms with E-state index in [2.05, 4.69) is 5.32 Å². The minimum absolute atomic E-state index is 0.437. The monoisotopic (exact) mass is 337 g/mol. The lowest BCUT2D eigenvalue weighted by molar-refractivity contribution is -0.137. The van der Waals surface area contributed by atoms with Crippen molar-refractivity contribution in [3.8, 4) is 5.75 Å². The number of carboxylic acids is 1. The number of benzene rings is 1. The van der Waals surface area contributed by atoms with Gasteiger partial charge in [-0.2, -0.15) is 11.8 Å². The first-order valence-electron chi connectivity index (χ1n) is 7.51. The van der Waals surface area contributed by atoms with Crippen LogP contribution in [0.5, 0.6) is 5.75 Å². The van der Waals surface area contributed by atoms with E-state index in [-0.39, 0.29) is 0 Å². The Labute approximate surface area is 140 Å². The number of aliphatic carboxylic acids is 1. The Morgan fingerprint density at radius 2 is 2.04 bits per heavy atom. The molecule has 5 nitrogen and oxygen atoms in total. The van der Waals surface area contributed by atoms with Crippen LogP contribution in [0.25, 0.3) is 0 Å². The third-order valence-corrected chi connectivity index (χ3v) is 5.60. The predicted octanol–water partition coefficient (Wildman–Crippen LogP) is 3.08. The molecule has 1 aliphatic heterocycles. The Balaban J connectivity index is 2.40. The second-order valence-electron chi connectivity index (χ2n) is 6.32. The first-order valence-corrected chi connectivity index (χ1v) is 8.80. The van der Waals surface area contributed by atoms with Gasteiger partial charge in [0.25, 0.3) is 0 Å². The molecule has 2 rings (SSSR count). The maximum atomic E-state index is 11.3. The lowest BCUT2D eigenvalue weighted by Crippen LogP contribution is -2.36. The van der Waals surface area contributed by atoms with Crippen LogP contribution in [-0.2, 0) is 16.0 Å². The lowest BCUT2D eigenvalue weighted by Gasteiger charge is -2.27. The van der Waals surface area contributed by atoms with Gasteiger partial charge in [-0.3, -0.25) is 9.59 Å². The third kappa shape index (κ3) is 3.17. The van der Waals surface area contributed by atoms with E-state index >= 15 is 0 Å². The topological polar surface area (TPSA) is 75.6 Å². The average Bonchev–Trinajstić information content (AvgIpc) is 2.85. The summed E-state index contributed by atoms with van der Waals surface area (Å²) < 4.78 is 6.21. The molecule has 0 fully saturated rings. The van der Waals surface area contributed by atoms with Crippen LogP contribution in [0, 0.1) is 20.8 Å². The van der Waals surface area contributed by atoms with Gasteiger partial charge in [0.1, 0.15) is 16.6 Å². The highest BCUT2D eigenvalue weighted by atomic mass is 32.2. The maximum Gasteiger partial charge on any atom is 0.316 e. The number of nitrogens with one attached hydrogen (secondary N) is 1. The van der Waals surface area contributed by atoms with Gasteiger partial charge in [0.15, 0.2) is 0 Å². The molecule has 0 saturated carbocycles. The molecular formula is C17H23NO4S. The molecular weight excluding hydrogens is 314 g/mol. The Morgan fingerprint density at radius 1 is 1.39 bits per heavy atom. The van der Waals surface area contributed by atoms with Crippen molar-refractivity contribution in [3.05, 3.63) is 22.3 Å². The van der Waals surface area contributed by atoms with Gasteiger partial charge in [-0.25, -0.2) is 0 Å². The fourth-order valence-electron chi connectivity index (χ4n) is 3.25. The Kier molecular flexibility index (Phi) is 4.94. The summed E-state index contributed by atoms with van der Waals surface area (Å²) in [5, 5.41) is 11.6. The van der Waals surface area contributed by atoms with E-state index in [0.717, 1.165) is 33.7 Å². The second-order valence-corrected chi connectivity index (χ2v) is 7.36. The number of anilines is 1. The fraction of sp³-hybridized carbons (Fsp3) is 0.529. The molecule has 0 aromatic heterocycles. The molecule has 1 amide bonds. The minimum atomic E-state index is -0.814. The zero-order valence-electron chi connectivity index (χ0n) is 14.1. The third-order valence-electron chi connectivity index (χ3n) is 4.66. The summed E-state index contributed by atoms with van der Waals surface area (Å²) in [6.45, 7) is 7.85. The molecule has 0 bridgehead atoms. The molecule has 1 heterocycles. The van der Waals surface area contributed by atoms with E-state index in [4.69, 9.17) is 4.74 Å². The van der Waals surface area contributed by atoms with E-state index in [0.29, 0.717) is 19.3 Å². The van der Waals surface area contributed by atoms with Crippen LogP contribution in [0.15, 0.2) is 0 Å². The Morgan fingerprint density at radius 3 is 2.57 bits per heavy atom.